The van der Waals surface area contributed by atoms with E-state index in [0.717, 1.165) is 4.47 Å². The van der Waals surface area contributed by atoms with Crippen LogP contribution in [0.2, 0.25) is 0 Å². The molecule has 1 aromatic rings. The van der Waals surface area contributed by atoms with Crippen LogP contribution < -0.4 is 4.90 Å². The lowest BCUT2D eigenvalue weighted by molar-refractivity contribution is -0.384. The number of aliphatic carboxylic acids is 1. The largest absolute Gasteiger partial charge is 0.481 e. The highest BCUT2D eigenvalue weighted by Gasteiger charge is 2.32. The Bertz CT molecular complexity index is 500. The van der Waals surface area contributed by atoms with Gasteiger partial charge in [-0.05, 0) is 12.1 Å². The van der Waals surface area contributed by atoms with Crippen molar-refractivity contribution in [1.29, 1.82) is 0 Å². The van der Waals surface area contributed by atoms with E-state index in [9.17, 15) is 14.9 Å². The number of hydrogen-bond acceptors (Lipinski definition) is 4. The van der Waals surface area contributed by atoms with Gasteiger partial charge in [0.15, 0.2) is 0 Å². The summed E-state index contributed by atoms with van der Waals surface area (Å²) in [6.45, 7) is 1.09. The third-order valence-electron chi connectivity index (χ3n) is 2.90. The fourth-order valence-electron chi connectivity index (χ4n) is 2.05. The van der Waals surface area contributed by atoms with Gasteiger partial charge < -0.3 is 10.0 Å². The molecule has 6 nitrogen and oxygen atoms in total. The minimum atomic E-state index is -0.830. The molecule has 0 radical (unpaired) electrons. The number of nitro benzene ring substituents is 1. The van der Waals surface area contributed by atoms with Crippen molar-refractivity contribution in [3.63, 3.8) is 0 Å². The van der Waals surface area contributed by atoms with E-state index in [1.165, 1.54) is 6.07 Å². The predicted molar refractivity (Wildman–Crippen MR) is 68.8 cm³/mol. The van der Waals surface area contributed by atoms with Crippen molar-refractivity contribution in [2.24, 2.45) is 5.92 Å². The van der Waals surface area contributed by atoms with Gasteiger partial charge in [0, 0.05) is 29.5 Å². The van der Waals surface area contributed by atoms with Gasteiger partial charge >= 0.3 is 5.97 Å². The van der Waals surface area contributed by atoms with Crippen LogP contribution in [0.25, 0.3) is 0 Å². The summed E-state index contributed by atoms with van der Waals surface area (Å²) in [5.41, 5.74) is 0.586. The molecular weight excluding hydrogens is 304 g/mol. The number of nitro groups is 1. The van der Waals surface area contributed by atoms with Crippen LogP contribution in [0, 0.1) is 16.0 Å². The van der Waals surface area contributed by atoms with Crippen molar-refractivity contribution in [3.8, 4) is 0 Å². The van der Waals surface area contributed by atoms with Crippen LogP contribution in [0.5, 0.6) is 0 Å². The van der Waals surface area contributed by atoms with Gasteiger partial charge in [-0.1, -0.05) is 15.9 Å². The SMILES string of the molecule is O=C(O)CC1CN(c2cc(Br)ccc2[N+](=O)[O-])C1. The first-order valence-corrected chi connectivity index (χ1v) is 6.17. The molecule has 7 heteroatoms. The number of benzene rings is 1. The summed E-state index contributed by atoms with van der Waals surface area (Å²) in [6, 6.07) is 4.76. The summed E-state index contributed by atoms with van der Waals surface area (Å²) < 4.78 is 0.768. The highest BCUT2D eigenvalue weighted by Crippen LogP contribution is 2.35. The first-order valence-electron chi connectivity index (χ1n) is 5.38. The van der Waals surface area contributed by atoms with Crippen LogP contribution in [0.4, 0.5) is 11.4 Å². The highest BCUT2D eigenvalue weighted by molar-refractivity contribution is 9.10. The molecule has 1 aromatic carbocycles. The third kappa shape index (κ3) is 2.61. The van der Waals surface area contributed by atoms with Gasteiger partial charge in [-0.2, -0.15) is 0 Å². The van der Waals surface area contributed by atoms with Gasteiger partial charge in [-0.15, -0.1) is 0 Å². The number of carbonyl (C=O) groups is 1. The number of carboxylic acids is 1. The lowest BCUT2D eigenvalue weighted by Crippen LogP contribution is -2.47. The van der Waals surface area contributed by atoms with Crippen molar-refractivity contribution in [1.82, 2.24) is 0 Å². The average molecular weight is 315 g/mol. The Labute approximate surface area is 111 Å². The number of rotatable bonds is 4. The van der Waals surface area contributed by atoms with Gasteiger partial charge in [-0.25, -0.2) is 0 Å². The molecule has 1 saturated heterocycles. The van der Waals surface area contributed by atoms with Gasteiger partial charge in [0.1, 0.15) is 5.69 Å². The molecule has 18 heavy (non-hydrogen) atoms. The highest BCUT2D eigenvalue weighted by atomic mass is 79.9. The first-order chi connectivity index (χ1) is 8.47. The van der Waals surface area contributed by atoms with Crippen LogP contribution in [0.15, 0.2) is 22.7 Å². The van der Waals surface area contributed by atoms with E-state index in [1.807, 2.05) is 4.90 Å². The molecule has 96 valence electrons. The zero-order valence-electron chi connectivity index (χ0n) is 9.38. The van der Waals surface area contributed by atoms with Crippen LogP contribution in [-0.4, -0.2) is 29.1 Å². The molecule has 1 aliphatic rings. The minimum Gasteiger partial charge on any atom is -0.481 e. The standard InChI is InChI=1S/C11H11BrN2O4/c12-8-1-2-9(14(17)18)10(4-8)13-5-7(6-13)3-11(15)16/h1-2,4,7H,3,5-6H2,(H,15,16). The Hall–Kier alpha value is -1.63. The molecule has 0 aromatic heterocycles. The third-order valence-corrected chi connectivity index (χ3v) is 3.39. The first kappa shape index (κ1) is 12.8. The fraction of sp³-hybridized carbons (Fsp3) is 0.364. The van der Waals surface area contributed by atoms with Gasteiger partial charge in [0.2, 0.25) is 0 Å². The lowest BCUT2D eigenvalue weighted by atomic mass is 9.95. The van der Waals surface area contributed by atoms with Gasteiger partial charge in [-0.3, -0.25) is 14.9 Å². The van der Waals surface area contributed by atoms with E-state index < -0.39 is 10.9 Å². The zero-order valence-corrected chi connectivity index (χ0v) is 11.0. The summed E-state index contributed by atoms with van der Waals surface area (Å²) in [4.78, 5) is 22.9. The summed E-state index contributed by atoms with van der Waals surface area (Å²) in [5.74, 6) is -0.760. The van der Waals surface area contributed by atoms with E-state index in [1.54, 1.807) is 12.1 Å². The fourth-order valence-corrected chi connectivity index (χ4v) is 2.40. The van der Waals surface area contributed by atoms with Crippen molar-refractivity contribution in [3.05, 3.63) is 32.8 Å². The molecule has 0 spiro atoms. The molecule has 0 amide bonds. The lowest BCUT2D eigenvalue weighted by Gasteiger charge is -2.40. The van der Waals surface area contributed by atoms with Crippen LogP contribution in [0.3, 0.4) is 0 Å². The Morgan fingerprint density at radius 2 is 2.22 bits per heavy atom. The number of halogens is 1. The maximum absolute atomic E-state index is 10.9. The van der Waals surface area contributed by atoms with Crippen LogP contribution >= 0.6 is 15.9 Å². The summed E-state index contributed by atoms with van der Waals surface area (Å²) >= 11 is 3.28. The Morgan fingerprint density at radius 3 is 2.78 bits per heavy atom. The van der Waals surface area contributed by atoms with E-state index in [-0.39, 0.29) is 18.0 Å². The number of hydrogen-bond donors (Lipinski definition) is 1. The molecule has 1 N–H and O–H groups in total. The number of carboxylic acid groups (broad SMARTS) is 1. The number of anilines is 1. The van der Waals surface area contributed by atoms with Crippen molar-refractivity contribution >= 4 is 33.3 Å². The molecule has 1 aliphatic heterocycles. The molecule has 1 heterocycles. The van der Waals surface area contributed by atoms with Gasteiger partial charge in [0.25, 0.3) is 5.69 Å². The van der Waals surface area contributed by atoms with E-state index in [0.29, 0.717) is 18.8 Å². The molecule has 1 fully saturated rings. The zero-order chi connectivity index (χ0) is 13.3. The average Bonchev–Trinajstić information content (AvgIpc) is 2.21. The quantitative estimate of drug-likeness (QED) is 0.680. The monoisotopic (exact) mass is 314 g/mol. The van der Waals surface area contributed by atoms with E-state index in [2.05, 4.69) is 15.9 Å². The van der Waals surface area contributed by atoms with E-state index >= 15 is 0 Å². The maximum atomic E-state index is 10.9. The van der Waals surface area contributed by atoms with Gasteiger partial charge in [0.05, 0.1) is 11.3 Å². The number of nitrogens with zero attached hydrogens (tertiary/aromatic N) is 2. The normalized spacial score (nSPS) is 15.3. The van der Waals surface area contributed by atoms with Crippen LogP contribution in [0.1, 0.15) is 6.42 Å². The van der Waals surface area contributed by atoms with Crippen molar-refractivity contribution in [2.45, 2.75) is 6.42 Å². The molecule has 0 aliphatic carbocycles. The second-order valence-corrected chi connectivity index (χ2v) is 5.17. The molecule has 0 unspecified atom stereocenters. The minimum absolute atomic E-state index is 0.0481. The van der Waals surface area contributed by atoms with Crippen molar-refractivity contribution in [2.75, 3.05) is 18.0 Å². The molecular formula is C11H11BrN2O4. The summed E-state index contributed by atoms with van der Waals surface area (Å²) in [5, 5.41) is 19.6. The van der Waals surface area contributed by atoms with Crippen LogP contribution in [-0.2, 0) is 4.79 Å². The topological polar surface area (TPSA) is 83.7 Å². The Balaban J connectivity index is 2.13. The second kappa shape index (κ2) is 4.93. The second-order valence-electron chi connectivity index (χ2n) is 4.26. The molecule has 2 rings (SSSR count). The molecule has 0 bridgehead atoms. The Kier molecular flexibility index (Phi) is 3.51. The smallest absolute Gasteiger partial charge is 0.303 e. The van der Waals surface area contributed by atoms with E-state index in [4.69, 9.17) is 5.11 Å². The predicted octanol–water partition coefficient (Wildman–Crippen LogP) is 2.27. The Morgan fingerprint density at radius 1 is 1.56 bits per heavy atom. The maximum Gasteiger partial charge on any atom is 0.303 e. The molecule has 0 atom stereocenters. The van der Waals surface area contributed by atoms with Crippen molar-refractivity contribution < 1.29 is 14.8 Å². The molecule has 0 saturated carbocycles. The summed E-state index contributed by atoms with van der Waals surface area (Å²) in [7, 11) is 0. The summed E-state index contributed by atoms with van der Waals surface area (Å²) in [6.07, 6.45) is 0.109.